The predicted molar refractivity (Wildman–Crippen MR) is 139 cm³/mol. The molecular weight excluding hydrogens is 548 g/mol. The Labute approximate surface area is 219 Å². The molecule has 0 aromatic heterocycles. The van der Waals surface area contributed by atoms with E-state index in [0.29, 0.717) is 33.4 Å². The maximum Gasteiger partial charge on any atom is 0.231 e. The first-order valence-corrected chi connectivity index (χ1v) is 12.8. The van der Waals surface area contributed by atoms with Gasteiger partial charge in [-0.15, -0.1) is 40.1 Å². The van der Waals surface area contributed by atoms with Crippen LogP contribution in [-0.4, -0.2) is 33.0 Å². The van der Waals surface area contributed by atoms with Crippen molar-refractivity contribution in [1.29, 1.82) is 0 Å². The van der Waals surface area contributed by atoms with Crippen molar-refractivity contribution in [2.24, 2.45) is 16.1 Å². The van der Waals surface area contributed by atoms with Gasteiger partial charge in [-0.1, -0.05) is 34.8 Å². The fourth-order valence-electron chi connectivity index (χ4n) is 3.72. The minimum atomic E-state index is -1.31. The van der Waals surface area contributed by atoms with Gasteiger partial charge in [0.15, 0.2) is 5.78 Å². The van der Waals surface area contributed by atoms with Gasteiger partial charge in [0.05, 0.1) is 23.1 Å². The average molecular weight is 564 g/mol. The summed E-state index contributed by atoms with van der Waals surface area (Å²) in [7, 11) is 0. The Kier molecular flexibility index (Phi) is 7.35. The molecule has 2 aliphatic rings. The summed E-state index contributed by atoms with van der Waals surface area (Å²) in [6, 6.07) is 9.65. The topological polar surface area (TPSA) is 70.9 Å². The van der Waals surface area contributed by atoms with Gasteiger partial charge in [-0.2, -0.15) is 5.10 Å². The fraction of sp³-hybridized carbons (Fsp3) is 0.273. The number of amides is 1. The summed E-state index contributed by atoms with van der Waals surface area (Å²) in [5.74, 6) is -1.80. The number of rotatable bonds is 6. The molecule has 33 heavy (non-hydrogen) atoms. The lowest BCUT2D eigenvalue weighted by Crippen LogP contribution is -2.17. The molecule has 4 rings (SSSR count). The molecule has 0 saturated heterocycles. The van der Waals surface area contributed by atoms with E-state index in [4.69, 9.17) is 58.0 Å². The molecule has 1 N–H and O–H groups in total. The third-order valence-corrected chi connectivity index (χ3v) is 7.78. The molecule has 0 bridgehead atoms. The Balaban J connectivity index is 1.47. The molecule has 1 aliphatic heterocycles. The first kappa shape index (κ1) is 24.8. The molecule has 0 spiro atoms. The number of nitrogens with zero attached hydrogens (tertiary/aromatic N) is 2. The van der Waals surface area contributed by atoms with Gasteiger partial charge >= 0.3 is 0 Å². The minimum Gasteiger partial charge on any atom is -0.326 e. The lowest BCUT2D eigenvalue weighted by atomic mass is 10.0. The molecule has 2 atom stereocenters. The van der Waals surface area contributed by atoms with Crippen LogP contribution in [-0.2, 0) is 4.79 Å². The number of ketones is 1. The van der Waals surface area contributed by atoms with Crippen molar-refractivity contribution < 1.29 is 9.59 Å². The summed E-state index contributed by atoms with van der Waals surface area (Å²) < 4.78 is -1.31. The maximum absolute atomic E-state index is 13.0. The number of nitrogens with one attached hydrogen (secondary N) is 1. The summed E-state index contributed by atoms with van der Waals surface area (Å²) in [5, 5.41) is 12.9. The molecule has 172 valence electrons. The number of carbonyl (C=O) groups excluding carboxylic acids is 2. The number of halogens is 5. The van der Waals surface area contributed by atoms with Gasteiger partial charge in [-0.3, -0.25) is 9.59 Å². The number of carbonyl (C=O) groups is 2. The van der Waals surface area contributed by atoms with Gasteiger partial charge in [0, 0.05) is 33.6 Å². The van der Waals surface area contributed by atoms with E-state index in [2.05, 4.69) is 15.5 Å². The maximum atomic E-state index is 13.0. The van der Waals surface area contributed by atoms with E-state index in [1.54, 1.807) is 30.3 Å². The zero-order chi connectivity index (χ0) is 23.9. The zero-order valence-electron chi connectivity index (χ0n) is 17.0. The Morgan fingerprint density at radius 2 is 1.79 bits per heavy atom. The molecule has 2 unspecified atom stereocenters. The number of thioether (sulfide) groups is 1. The second kappa shape index (κ2) is 9.76. The molecule has 5 nitrogen and oxygen atoms in total. The van der Waals surface area contributed by atoms with Crippen LogP contribution in [0.5, 0.6) is 0 Å². The van der Waals surface area contributed by atoms with Crippen LogP contribution in [0.2, 0.25) is 15.1 Å². The highest BCUT2D eigenvalue weighted by molar-refractivity contribution is 8.13. The average Bonchev–Trinajstić information content (AvgIpc) is 3.07. The molecule has 1 heterocycles. The van der Waals surface area contributed by atoms with Gasteiger partial charge in [-0.25, -0.2) is 0 Å². The van der Waals surface area contributed by atoms with Crippen molar-refractivity contribution >= 4 is 97.9 Å². The lowest BCUT2D eigenvalue weighted by Gasteiger charge is -2.09. The van der Waals surface area contributed by atoms with Gasteiger partial charge < -0.3 is 5.32 Å². The Hall–Kier alpha value is -1.28. The third-order valence-electron chi connectivity index (χ3n) is 5.37. The standard InChI is InChI=1S/C22H16Cl5N3O2S/c1-33-18-9-14(29-30-18)8-17(31)15-7-13(2-3-16(15)25)28-21(32)20-19(22(20,26)27)10-4-11(23)6-12(24)5-10/h2-7,19-20H,8-9H2,1H3,(H,28,32). The third kappa shape index (κ3) is 5.37. The molecule has 1 fully saturated rings. The summed E-state index contributed by atoms with van der Waals surface area (Å²) in [6.45, 7) is 0. The van der Waals surface area contributed by atoms with Crippen LogP contribution in [0.25, 0.3) is 0 Å². The van der Waals surface area contributed by atoms with E-state index in [1.165, 1.54) is 17.8 Å². The van der Waals surface area contributed by atoms with E-state index >= 15 is 0 Å². The molecule has 0 radical (unpaired) electrons. The number of benzene rings is 2. The van der Waals surface area contributed by atoms with Crippen molar-refractivity contribution in [2.75, 3.05) is 11.6 Å². The van der Waals surface area contributed by atoms with Crippen molar-refractivity contribution in [3.63, 3.8) is 0 Å². The van der Waals surface area contributed by atoms with Crippen LogP contribution in [0.1, 0.15) is 34.7 Å². The molecule has 11 heteroatoms. The molecule has 2 aromatic carbocycles. The van der Waals surface area contributed by atoms with Crippen LogP contribution < -0.4 is 5.32 Å². The highest BCUT2D eigenvalue weighted by atomic mass is 35.5. The van der Waals surface area contributed by atoms with E-state index in [1.807, 2.05) is 6.26 Å². The lowest BCUT2D eigenvalue weighted by molar-refractivity contribution is -0.117. The highest BCUT2D eigenvalue weighted by Crippen LogP contribution is 2.65. The van der Waals surface area contributed by atoms with Crippen LogP contribution in [0, 0.1) is 5.92 Å². The van der Waals surface area contributed by atoms with Crippen molar-refractivity contribution in [3.05, 3.63) is 62.6 Å². The monoisotopic (exact) mass is 561 g/mol. The first-order valence-electron chi connectivity index (χ1n) is 9.74. The van der Waals surface area contributed by atoms with Crippen molar-refractivity contribution in [2.45, 2.75) is 23.1 Å². The Morgan fingerprint density at radius 3 is 2.42 bits per heavy atom. The van der Waals surface area contributed by atoms with Crippen LogP contribution >= 0.6 is 69.8 Å². The van der Waals surface area contributed by atoms with Gasteiger partial charge in [0.1, 0.15) is 9.38 Å². The molecule has 1 saturated carbocycles. The number of hydrogen-bond donors (Lipinski definition) is 1. The normalized spacial score (nSPS) is 20.8. The Bertz CT molecular complexity index is 1190. The second-order valence-electron chi connectivity index (χ2n) is 7.66. The summed E-state index contributed by atoms with van der Waals surface area (Å²) in [5.41, 5.74) is 2.03. The first-order chi connectivity index (χ1) is 15.6. The smallest absolute Gasteiger partial charge is 0.231 e. The summed E-state index contributed by atoms with van der Waals surface area (Å²) >= 11 is 32.7. The number of Topliss-reactive ketones (excluding diaryl/α,β-unsaturated/α-hetero) is 1. The number of alkyl halides is 2. The minimum absolute atomic E-state index is 0.0946. The molecule has 2 aromatic rings. The summed E-state index contributed by atoms with van der Waals surface area (Å²) in [4.78, 5) is 25.8. The Morgan fingerprint density at radius 1 is 1.09 bits per heavy atom. The van der Waals surface area contributed by atoms with Crippen molar-refractivity contribution in [3.8, 4) is 0 Å². The van der Waals surface area contributed by atoms with Crippen molar-refractivity contribution in [1.82, 2.24) is 0 Å². The second-order valence-corrected chi connectivity index (χ2v) is 11.3. The molecule has 1 aliphatic carbocycles. The number of anilines is 1. The SMILES string of the molecule is CSC1=NN=C(CC(=O)c2cc(NC(=O)C3C(c4cc(Cl)cc(Cl)c4)C3(Cl)Cl)ccc2Cl)C1. The zero-order valence-corrected chi connectivity index (χ0v) is 21.6. The highest BCUT2D eigenvalue weighted by Gasteiger charge is 2.67. The molecular formula is C22H16Cl5N3O2S. The number of hydrogen-bond acceptors (Lipinski definition) is 5. The fourth-order valence-corrected chi connectivity index (χ4v) is 5.75. The van der Waals surface area contributed by atoms with Crippen LogP contribution in [0.4, 0.5) is 5.69 Å². The largest absolute Gasteiger partial charge is 0.326 e. The van der Waals surface area contributed by atoms with Gasteiger partial charge in [0.2, 0.25) is 5.91 Å². The van der Waals surface area contributed by atoms with Crippen LogP contribution in [0.3, 0.4) is 0 Å². The van der Waals surface area contributed by atoms with Crippen LogP contribution in [0.15, 0.2) is 46.6 Å². The van der Waals surface area contributed by atoms with E-state index in [-0.39, 0.29) is 28.7 Å². The van der Waals surface area contributed by atoms with Gasteiger partial charge in [0.25, 0.3) is 0 Å². The van der Waals surface area contributed by atoms with Gasteiger partial charge in [-0.05, 0) is 48.2 Å². The van der Waals surface area contributed by atoms with E-state index < -0.39 is 16.2 Å². The van der Waals surface area contributed by atoms with E-state index in [0.717, 1.165) is 5.04 Å². The molecule has 1 amide bonds. The summed E-state index contributed by atoms with van der Waals surface area (Å²) in [6.07, 6.45) is 2.55. The van der Waals surface area contributed by atoms with E-state index in [9.17, 15) is 9.59 Å². The quantitative estimate of drug-likeness (QED) is 0.297. The predicted octanol–water partition coefficient (Wildman–Crippen LogP) is 7.27.